The lowest BCUT2D eigenvalue weighted by molar-refractivity contribution is 0.0702. The van der Waals surface area contributed by atoms with Crippen LogP contribution in [0.5, 0.6) is 5.75 Å². The molecule has 6 nitrogen and oxygen atoms in total. The molecule has 1 aromatic heterocycles. The molecule has 0 radical (unpaired) electrons. The maximum Gasteiger partial charge on any atom is 0.264 e. The molecule has 3 aromatic rings. The number of amides is 1. The average Bonchev–Trinajstić information content (AvgIpc) is 3.32. The van der Waals surface area contributed by atoms with Gasteiger partial charge in [0.1, 0.15) is 12.4 Å². The second-order valence-electron chi connectivity index (χ2n) is 8.84. The van der Waals surface area contributed by atoms with Crippen molar-refractivity contribution in [1.29, 1.82) is 0 Å². The Labute approximate surface area is 205 Å². The monoisotopic (exact) mass is 498 g/mol. The largest absolute Gasteiger partial charge is 0.489 e. The Bertz CT molecular complexity index is 1220. The number of sulfonamides is 1. The van der Waals surface area contributed by atoms with Gasteiger partial charge in [0.15, 0.2) is 0 Å². The van der Waals surface area contributed by atoms with Crippen LogP contribution in [-0.4, -0.2) is 49.7 Å². The van der Waals surface area contributed by atoms with Crippen molar-refractivity contribution in [1.82, 2.24) is 9.21 Å². The molecular weight excluding hydrogens is 468 g/mol. The summed E-state index contributed by atoms with van der Waals surface area (Å²) in [6, 6.07) is 16.8. The molecule has 0 N–H and O–H groups in total. The second kappa shape index (κ2) is 10.3. The fraction of sp³-hybridized carbons (Fsp3) is 0.346. The number of rotatable bonds is 7. The summed E-state index contributed by atoms with van der Waals surface area (Å²) >= 11 is 1.39. The number of piperazine rings is 1. The zero-order valence-electron chi connectivity index (χ0n) is 19.7. The van der Waals surface area contributed by atoms with E-state index in [1.165, 1.54) is 21.2 Å². The Kier molecular flexibility index (Phi) is 7.40. The predicted octanol–water partition coefficient (Wildman–Crippen LogP) is 4.91. The molecule has 2 aromatic carbocycles. The highest BCUT2D eigenvalue weighted by Crippen LogP contribution is 2.23. The molecular formula is C26H30N2O4S2. The van der Waals surface area contributed by atoms with E-state index in [1.54, 1.807) is 29.2 Å². The number of benzene rings is 2. The molecule has 1 aliphatic heterocycles. The number of thiophene rings is 1. The molecule has 0 bridgehead atoms. The van der Waals surface area contributed by atoms with Crippen molar-refractivity contribution in [3.63, 3.8) is 0 Å². The predicted molar refractivity (Wildman–Crippen MR) is 135 cm³/mol. The van der Waals surface area contributed by atoms with Gasteiger partial charge >= 0.3 is 0 Å². The second-order valence-corrected chi connectivity index (χ2v) is 11.7. The van der Waals surface area contributed by atoms with Crippen LogP contribution in [0, 0.1) is 6.92 Å². The van der Waals surface area contributed by atoms with Crippen molar-refractivity contribution in [2.75, 3.05) is 26.2 Å². The van der Waals surface area contributed by atoms with E-state index >= 15 is 0 Å². The third kappa shape index (κ3) is 5.51. The Hall–Kier alpha value is -2.68. The minimum Gasteiger partial charge on any atom is -0.489 e. The Morgan fingerprint density at radius 3 is 2.26 bits per heavy atom. The van der Waals surface area contributed by atoms with Crippen molar-refractivity contribution in [3.05, 3.63) is 81.5 Å². The molecule has 8 heteroatoms. The van der Waals surface area contributed by atoms with Gasteiger partial charge in [-0.2, -0.15) is 4.31 Å². The Morgan fingerprint density at radius 2 is 1.65 bits per heavy atom. The van der Waals surface area contributed by atoms with Gasteiger partial charge < -0.3 is 9.64 Å². The highest BCUT2D eigenvalue weighted by atomic mass is 32.2. The van der Waals surface area contributed by atoms with Gasteiger partial charge in [0.2, 0.25) is 10.0 Å². The number of hydrogen-bond donors (Lipinski definition) is 0. The van der Waals surface area contributed by atoms with Gasteiger partial charge in [0, 0.05) is 31.7 Å². The molecule has 34 heavy (non-hydrogen) atoms. The molecule has 180 valence electrons. The minimum atomic E-state index is -3.55. The molecule has 1 fully saturated rings. The highest BCUT2D eigenvalue weighted by Gasteiger charge is 2.30. The summed E-state index contributed by atoms with van der Waals surface area (Å²) in [6.45, 7) is 7.95. The number of carbonyl (C=O) groups is 1. The van der Waals surface area contributed by atoms with Crippen LogP contribution >= 0.6 is 11.3 Å². The third-order valence-corrected chi connectivity index (χ3v) is 8.88. The van der Waals surface area contributed by atoms with Gasteiger partial charge in [0.25, 0.3) is 5.91 Å². The van der Waals surface area contributed by atoms with Crippen LogP contribution in [0.4, 0.5) is 0 Å². The fourth-order valence-electron chi connectivity index (χ4n) is 3.83. The number of hydrogen-bond acceptors (Lipinski definition) is 5. The van der Waals surface area contributed by atoms with Crippen LogP contribution in [0.1, 0.15) is 46.1 Å². The zero-order valence-corrected chi connectivity index (χ0v) is 21.4. The lowest BCUT2D eigenvalue weighted by Crippen LogP contribution is -2.50. The van der Waals surface area contributed by atoms with E-state index in [-0.39, 0.29) is 19.0 Å². The van der Waals surface area contributed by atoms with E-state index in [9.17, 15) is 13.2 Å². The van der Waals surface area contributed by atoms with Gasteiger partial charge in [-0.1, -0.05) is 43.7 Å². The van der Waals surface area contributed by atoms with Crippen LogP contribution in [-0.2, 0) is 16.6 Å². The molecule has 4 rings (SSSR count). The summed E-state index contributed by atoms with van der Waals surface area (Å²) in [5, 5.41) is 1.94. The molecule has 1 aliphatic rings. The van der Waals surface area contributed by atoms with Crippen LogP contribution in [0.15, 0.2) is 64.9 Å². The first-order chi connectivity index (χ1) is 16.2. The van der Waals surface area contributed by atoms with Crippen LogP contribution in [0.3, 0.4) is 0 Å². The maximum atomic E-state index is 13.0. The SMILES string of the molecule is Cc1ccc(S(=O)(=O)N2CCN(C(=O)c3cc(COc4ccc(C(C)C)cc4)cs3)CC2)cc1. The summed E-state index contributed by atoms with van der Waals surface area (Å²) in [5.74, 6) is 1.21. The van der Waals surface area contributed by atoms with Gasteiger partial charge in [-0.25, -0.2) is 8.42 Å². The molecule has 0 spiro atoms. The quantitative estimate of drug-likeness (QED) is 0.464. The zero-order chi connectivity index (χ0) is 24.3. The minimum absolute atomic E-state index is 0.0649. The lowest BCUT2D eigenvalue weighted by Gasteiger charge is -2.33. The molecule has 0 unspecified atom stereocenters. The summed E-state index contributed by atoms with van der Waals surface area (Å²) in [4.78, 5) is 15.6. The van der Waals surface area contributed by atoms with Crippen molar-refractivity contribution in [2.45, 2.75) is 38.2 Å². The summed E-state index contributed by atoms with van der Waals surface area (Å²) in [5.41, 5.74) is 3.23. The average molecular weight is 499 g/mol. The summed E-state index contributed by atoms with van der Waals surface area (Å²) < 4.78 is 33.1. The first-order valence-electron chi connectivity index (χ1n) is 11.4. The van der Waals surface area contributed by atoms with Crippen LogP contribution in [0.2, 0.25) is 0 Å². The molecule has 1 amide bonds. The standard InChI is InChI=1S/C26H30N2O4S2/c1-19(2)22-6-8-23(9-7-22)32-17-21-16-25(33-18-21)26(29)27-12-14-28(15-13-27)34(30,31)24-10-4-20(3)5-11-24/h4-11,16,18-19H,12-15,17H2,1-3H3. The molecule has 1 saturated heterocycles. The Morgan fingerprint density at radius 1 is 1.00 bits per heavy atom. The number of aryl methyl sites for hydroxylation is 1. The number of nitrogens with zero attached hydrogens (tertiary/aromatic N) is 2. The van der Waals surface area contributed by atoms with E-state index < -0.39 is 10.0 Å². The van der Waals surface area contributed by atoms with Gasteiger partial charge in [-0.05, 0) is 54.1 Å². The lowest BCUT2D eigenvalue weighted by atomic mass is 10.0. The van der Waals surface area contributed by atoms with E-state index in [4.69, 9.17) is 4.74 Å². The van der Waals surface area contributed by atoms with Crippen molar-refractivity contribution < 1.29 is 17.9 Å². The number of ether oxygens (including phenoxy) is 1. The maximum absolute atomic E-state index is 13.0. The highest BCUT2D eigenvalue weighted by molar-refractivity contribution is 7.89. The number of carbonyl (C=O) groups excluding carboxylic acids is 1. The molecule has 0 aliphatic carbocycles. The first-order valence-corrected chi connectivity index (χ1v) is 13.7. The smallest absolute Gasteiger partial charge is 0.264 e. The topological polar surface area (TPSA) is 66.9 Å². The third-order valence-electron chi connectivity index (χ3n) is 6.00. The van der Waals surface area contributed by atoms with Crippen molar-refractivity contribution in [3.8, 4) is 5.75 Å². The van der Waals surface area contributed by atoms with E-state index in [0.717, 1.165) is 16.9 Å². The molecule has 0 atom stereocenters. The van der Waals surface area contributed by atoms with Gasteiger partial charge in [0.05, 0.1) is 9.77 Å². The van der Waals surface area contributed by atoms with Gasteiger partial charge in [-0.15, -0.1) is 11.3 Å². The fourth-order valence-corrected chi connectivity index (χ4v) is 6.11. The molecule has 0 saturated carbocycles. The summed E-state index contributed by atoms with van der Waals surface area (Å²) in [7, 11) is -3.55. The normalized spacial score (nSPS) is 15.0. The first kappa shape index (κ1) is 24.4. The van der Waals surface area contributed by atoms with E-state index in [1.807, 2.05) is 30.5 Å². The van der Waals surface area contributed by atoms with Crippen LogP contribution < -0.4 is 4.74 Å². The van der Waals surface area contributed by atoms with E-state index in [0.29, 0.717) is 35.4 Å². The Balaban J connectivity index is 1.32. The van der Waals surface area contributed by atoms with Crippen molar-refractivity contribution >= 4 is 27.3 Å². The molecule has 2 heterocycles. The van der Waals surface area contributed by atoms with Crippen LogP contribution in [0.25, 0.3) is 0 Å². The summed E-state index contributed by atoms with van der Waals surface area (Å²) in [6.07, 6.45) is 0. The van der Waals surface area contributed by atoms with Gasteiger partial charge in [-0.3, -0.25) is 4.79 Å². The van der Waals surface area contributed by atoms with Crippen molar-refractivity contribution in [2.24, 2.45) is 0 Å². The van der Waals surface area contributed by atoms with E-state index in [2.05, 4.69) is 26.0 Å².